The number of hydrogen-bond acceptors (Lipinski definition) is 4. The van der Waals surface area contributed by atoms with Crippen LogP contribution in [-0.4, -0.2) is 21.0 Å². The van der Waals surface area contributed by atoms with Gasteiger partial charge in [0.25, 0.3) is 5.56 Å². The molecule has 0 spiro atoms. The van der Waals surface area contributed by atoms with Gasteiger partial charge in [0.15, 0.2) is 0 Å². The van der Waals surface area contributed by atoms with E-state index in [4.69, 9.17) is 4.98 Å². The van der Waals surface area contributed by atoms with E-state index in [0.29, 0.717) is 16.9 Å². The molecule has 1 aromatic heterocycles. The van der Waals surface area contributed by atoms with Gasteiger partial charge in [-0.1, -0.05) is 18.2 Å². The average molecular weight is 378 g/mol. The third kappa shape index (κ3) is 4.06. The van der Waals surface area contributed by atoms with Crippen molar-refractivity contribution in [2.45, 2.75) is 40.2 Å². The lowest BCUT2D eigenvalue weighted by atomic mass is 10.00. The van der Waals surface area contributed by atoms with Crippen LogP contribution in [0.5, 0.6) is 0 Å². The second kappa shape index (κ2) is 7.11. The van der Waals surface area contributed by atoms with E-state index in [1.54, 1.807) is 13.1 Å². The Morgan fingerprint density at radius 3 is 2.50 bits per heavy atom. The molecule has 6 heteroatoms. The van der Waals surface area contributed by atoms with Crippen molar-refractivity contribution in [1.29, 1.82) is 0 Å². The maximum absolute atomic E-state index is 12.9. The van der Waals surface area contributed by atoms with Gasteiger partial charge in [-0.2, -0.15) is 0 Å². The minimum absolute atomic E-state index is 0.103. The van der Waals surface area contributed by atoms with Crippen molar-refractivity contribution in [1.82, 2.24) is 9.55 Å². The molecular formula is C22H26N4O2. The second-order valence-electron chi connectivity index (χ2n) is 8.15. The number of hydrogen-bond donors (Lipinski definition) is 2. The molecule has 2 aromatic carbocycles. The lowest BCUT2D eigenvalue weighted by Gasteiger charge is -2.23. The van der Waals surface area contributed by atoms with Crippen LogP contribution >= 0.6 is 0 Å². The molecule has 146 valence electrons. The molecule has 0 saturated heterocycles. The summed E-state index contributed by atoms with van der Waals surface area (Å²) in [6.45, 7) is 9.52. The van der Waals surface area contributed by atoms with E-state index in [1.165, 1.54) is 11.5 Å². The predicted octanol–water partition coefficient (Wildman–Crippen LogP) is 4.08. The Morgan fingerprint density at radius 1 is 1.14 bits per heavy atom. The molecule has 0 unspecified atom stereocenters. The monoisotopic (exact) mass is 378 g/mol. The zero-order valence-electron chi connectivity index (χ0n) is 17.2. The van der Waals surface area contributed by atoms with E-state index in [9.17, 15) is 9.59 Å². The Labute approximate surface area is 164 Å². The zero-order valence-corrected chi connectivity index (χ0v) is 17.2. The molecule has 0 aliphatic carbocycles. The lowest BCUT2D eigenvalue weighted by Crippen LogP contribution is -2.32. The molecule has 0 fully saturated rings. The Hall–Kier alpha value is -3.15. The van der Waals surface area contributed by atoms with Gasteiger partial charge in [-0.3, -0.25) is 14.2 Å². The lowest BCUT2D eigenvalue weighted by molar-refractivity contribution is -0.114. The maximum Gasteiger partial charge on any atom is 0.262 e. The van der Waals surface area contributed by atoms with E-state index in [1.807, 2.05) is 58.0 Å². The molecule has 1 heterocycles. The fraction of sp³-hybridized carbons (Fsp3) is 0.318. The number of aromatic nitrogens is 2. The number of carbonyl (C=O) groups excluding carboxylic acids is 1. The number of carbonyl (C=O) groups is 1. The summed E-state index contributed by atoms with van der Waals surface area (Å²) in [5.74, 6) is 0.394. The SMILES string of the molecule is CC(=O)Nc1cc(C)cc(-c2cccc3c(=O)n(C)c(NC(C)(C)C)nc23)c1. The van der Waals surface area contributed by atoms with E-state index in [2.05, 4.69) is 10.6 Å². The fourth-order valence-electron chi connectivity index (χ4n) is 3.19. The Balaban J connectivity index is 2.26. The van der Waals surface area contributed by atoms with Crippen LogP contribution in [0.25, 0.3) is 22.0 Å². The first kappa shape index (κ1) is 19.6. The van der Waals surface area contributed by atoms with Crippen molar-refractivity contribution in [3.05, 3.63) is 52.3 Å². The summed E-state index contributed by atoms with van der Waals surface area (Å²) < 4.78 is 1.54. The van der Waals surface area contributed by atoms with Gasteiger partial charge in [0, 0.05) is 30.8 Å². The maximum atomic E-state index is 12.9. The van der Waals surface area contributed by atoms with Crippen LogP contribution in [0, 0.1) is 6.92 Å². The first-order chi connectivity index (χ1) is 13.0. The van der Waals surface area contributed by atoms with Gasteiger partial charge in [-0.05, 0) is 57.0 Å². The van der Waals surface area contributed by atoms with E-state index in [0.717, 1.165) is 22.4 Å². The molecule has 6 nitrogen and oxygen atoms in total. The molecule has 0 bridgehead atoms. The average Bonchev–Trinajstić information content (AvgIpc) is 2.56. The summed E-state index contributed by atoms with van der Waals surface area (Å²) in [4.78, 5) is 29.2. The number of rotatable bonds is 3. The minimum Gasteiger partial charge on any atom is -0.351 e. The number of amides is 1. The number of anilines is 2. The Bertz CT molecular complexity index is 1120. The van der Waals surface area contributed by atoms with Crippen LogP contribution in [0.15, 0.2) is 41.2 Å². The number of nitrogens with one attached hydrogen (secondary N) is 2. The van der Waals surface area contributed by atoms with Crippen LogP contribution in [0.1, 0.15) is 33.3 Å². The van der Waals surface area contributed by atoms with Crippen molar-refractivity contribution in [2.75, 3.05) is 10.6 Å². The smallest absolute Gasteiger partial charge is 0.262 e. The molecule has 0 aliphatic rings. The van der Waals surface area contributed by atoms with Gasteiger partial charge < -0.3 is 10.6 Å². The van der Waals surface area contributed by atoms with Crippen LogP contribution in [0.2, 0.25) is 0 Å². The van der Waals surface area contributed by atoms with Crippen molar-refractivity contribution >= 4 is 28.4 Å². The van der Waals surface area contributed by atoms with Gasteiger partial charge >= 0.3 is 0 Å². The number of fused-ring (bicyclic) bond motifs is 1. The molecule has 0 atom stereocenters. The highest BCUT2D eigenvalue weighted by molar-refractivity contribution is 5.96. The van der Waals surface area contributed by atoms with Crippen LogP contribution < -0.4 is 16.2 Å². The molecule has 28 heavy (non-hydrogen) atoms. The molecule has 1 amide bonds. The Kier molecular flexibility index (Phi) is 4.98. The predicted molar refractivity (Wildman–Crippen MR) is 115 cm³/mol. The van der Waals surface area contributed by atoms with Crippen molar-refractivity contribution < 1.29 is 4.79 Å². The third-order valence-electron chi connectivity index (χ3n) is 4.30. The largest absolute Gasteiger partial charge is 0.351 e. The first-order valence-electron chi connectivity index (χ1n) is 9.23. The summed E-state index contributed by atoms with van der Waals surface area (Å²) in [6, 6.07) is 11.4. The highest BCUT2D eigenvalue weighted by atomic mass is 16.1. The van der Waals surface area contributed by atoms with E-state index in [-0.39, 0.29) is 17.0 Å². The van der Waals surface area contributed by atoms with Crippen molar-refractivity contribution in [2.24, 2.45) is 7.05 Å². The quantitative estimate of drug-likeness (QED) is 0.720. The number of benzene rings is 2. The summed E-state index contributed by atoms with van der Waals surface area (Å²) in [7, 11) is 1.72. The van der Waals surface area contributed by atoms with Gasteiger partial charge in [0.1, 0.15) is 0 Å². The van der Waals surface area contributed by atoms with E-state index < -0.39 is 0 Å². The number of nitrogens with zero attached hydrogens (tertiary/aromatic N) is 2. The molecule has 3 aromatic rings. The van der Waals surface area contributed by atoms with Crippen LogP contribution in [0.4, 0.5) is 11.6 Å². The zero-order chi connectivity index (χ0) is 20.6. The molecule has 3 rings (SSSR count). The molecule has 0 aliphatic heterocycles. The van der Waals surface area contributed by atoms with Crippen molar-refractivity contribution in [3.8, 4) is 11.1 Å². The van der Waals surface area contributed by atoms with Gasteiger partial charge in [-0.15, -0.1) is 0 Å². The summed E-state index contributed by atoms with van der Waals surface area (Å²) >= 11 is 0. The van der Waals surface area contributed by atoms with Crippen LogP contribution in [-0.2, 0) is 11.8 Å². The normalized spacial score (nSPS) is 11.5. The number of para-hydroxylation sites is 1. The first-order valence-corrected chi connectivity index (χ1v) is 9.23. The summed E-state index contributed by atoms with van der Waals surface area (Å²) in [5, 5.41) is 6.69. The van der Waals surface area contributed by atoms with Crippen molar-refractivity contribution in [3.63, 3.8) is 0 Å². The highest BCUT2D eigenvalue weighted by Crippen LogP contribution is 2.30. The molecular weight excluding hydrogens is 352 g/mol. The van der Waals surface area contributed by atoms with Gasteiger partial charge in [-0.25, -0.2) is 4.98 Å². The standard InChI is InChI=1S/C22H26N4O2/c1-13-10-15(12-16(11-13)23-14(2)27)17-8-7-9-18-19(17)24-21(25-22(3,4)5)26(6)20(18)28/h7-12H,1-6H3,(H,23,27)(H,24,25). The summed E-state index contributed by atoms with van der Waals surface area (Å²) in [6.07, 6.45) is 0. The second-order valence-corrected chi connectivity index (χ2v) is 8.15. The summed E-state index contributed by atoms with van der Waals surface area (Å²) in [5.41, 5.74) is 3.78. The number of aryl methyl sites for hydroxylation is 1. The molecule has 0 saturated carbocycles. The third-order valence-corrected chi connectivity index (χ3v) is 4.30. The fourth-order valence-corrected chi connectivity index (χ4v) is 3.19. The van der Waals surface area contributed by atoms with Crippen LogP contribution in [0.3, 0.4) is 0 Å². The van der Waals surface area contributed by atoms with E-state index >= 15 is 0 Å². The van der Waals surface area contributed by atoms with Gasteiger partial charge in [0.2, 0.25) is 11.9 Å². The topological polar surface area (TPSA) is 76.0 Å². The van der Waals surface area contributed by atoms with Gasteiger partial charge in [0.05, 0.1) is 10.9 Å². The highest BCUT2D eigenvalue weighted by Gasteiger charge is 2.17. The Morgan fingerprint density at radius 2 is 1.86 bits per heavy atom. The molecule has 2 N–H and O–H groups in total. The molecule has 0 radical (unpaired) electrons. The minimum atomic E-state index is -0.234.